The van der Waals surface area contributed by atoms with Gasteiger partial charge in [-0.15, -0.1) is 0 Å². The van der Waals surface area contributed by atoms with E-state index in [1.807, 2.05) is 67.6 Å². The van der Waals surface area contributed by atoms with Gasteiger partial charge in [0.1, 0.15) is 0 Å². The maximum Gasteiger partial charge on any atom is 0.252 e. The molecule has 7 nitrogen and oxygen atoms in total. The van der Waals surface area contributed by atoms with E-state index >= 15 is 0 Å². The number of aromatic nitrogens is 2. The molecule has 0 saturated carbocycles. The topological polar surface area (TPSA) is 90.5 Å². The van der Waals surface area contributed by atoms with Gasteiger partial charge in [-0.3, -0.25) is 4.79 Å². The lowest BCUT2D eigenvalue weighted by Gasteiger charge is -2.33. The van der Waals surface area contributed by atoms with Crippen LogP contribution in [0, 0.1) is 0 Å². The SMILES string of the molecule is C/C=C/c1ccc(C(O)CN2CCC(NCc3cc4ccccc4[nH]c3=O)CC2)c2nc(OC)ccc12. The van der Waals surface area contributed by atoms with Crippen LogP contribution in [0.4, 0.5) is 0 Å². The molecule has 1 unspecified atom stereocenters. The van der Waals surface area contributed by atoms with Crippen LogP contribution < -0.4 is 15.6 Å². The molecular formula is C30H34N4O3. The summed E-state index contributed by atoms with van der Waals surface area (Å²) in [7, 11) is 1.61. The van der Waals surface area contributed by atoms with Gasteiger partial charge in [0.25, 0.3) is 5.56 Å². The highest BCUT2D eigenvalue weighted by molar-refractivity contribution is 5.91. The normalized spacial score (nSPS) is 16.1. The van der Waals surface area contributed by atoms with Crippen LogP contribution in [0.25, 0.3) is 27.9 Å². The number of piperidine rings is 1. The number of aromatic amines is 1. The Morgan fingerprint density at radius 2 is 2.00 bits per heavy atom. The molecule has 5 rings (SSSR count). The van der Waals surface area contributed by atoms with Crippen molar-refractivity contribution in [2.75, 3.05) is 26.7 Å². The molecule has 0 spiro atoms. The molecule has 192 valence electrons. The second kappa shape index (κ2) is 11.3. The van der Waals surface area contributed by atoms with E-state index in [-0.39, 0.29) is 5.56 Å². The average molecular weight is 499 g/mol. The number of aliphatic hydroxyl groups is 1. The summed E-state index contributed by atoms with van der Waals surface area (Å²) in [5.74, 6) is 0.538. The number of ether oxygens (including phenoxy) is 1. The fraction of sp³-hybridized carbons (Fsp3) is 0.333. The van der Waals surface area contributed by atoms with Crippen molar-refractivity contribution in [2.45, 2.75) is 38.5 Å². The number of nitrogens with one attached hydrogen (secondary N) is 2. The number of para-hydroxylation sites is 1. The maximum atomic E-state index is 12.5. The van der Waals surface area contributed by atoms with Gasteiger partial charge in [0.05, 0.1) is 18.7 Å². The number of rotatable bonds is 8. The Morgan fingerprint density at radius 3 is 2.78 bits per heavy atom. The lowest BCUT2D eigenvalue weighted by atomic mass is 9.98. The molecule has 0 bridgehead atoms. The second-order valence-corrected chi connectivity index (χ2v) is 9.68. The molecule has 1 atom stereocenters. The summed E-state index contributed by atoms with van der Waals surface area (Å²) in [6, 6.07) is 18.0. The van der Waals surface area contributed by atoms with Crippen LogP contribution in [-0.4, -0.2) is 52.8 Å². The minimum atomic E-state index is -0.651. The quantitative estimate of drug-likeness (QED) is 0.334. The summed E-state index contributed by atoms with van der Waals surface area (Å²) in [5, 5.41) is 16.8. The Hall–Kier alpha value is -3.52. The van der Waals surface area contributed by atoms with Crippen LogP contribution in [0.15, 0.2) is 65.5 Å². The standard InChI is InChI=1S/C30H34N4O3/c1-3-6-20-9-10-25(29-24(20)11-12-28(33-29)37-2)27(35)19-34-15-13-23(14-16-34)31-18-22-17-21-7-4-5-8-26(21)32-30(22)36/h3-12,17,23,27,31,35H,13-16,18-19H2,1-2H3,(H,32,36)/b6-3+. The van der Waals surface area contributed by atoms with Crippen LogP contribution in [0.5, 0.6) is 5.88 Å². The van der Waals surface area contributed by atoms with Gasteiger partial charge < -0.3 is 25.0 Å². The predicted molar refractivity (Wildman–Crippen MR) is 149 cm³/mol. The van der Waals surface area contributed by atoms with Crippen molar-refractivity contribution in [1.29, 1.82) is 0 Å². The van der Waals surface area contributed by atoms with E-state index in [1.54, 1.807) is 7.11 Å². The lowest BCUT2D eigenvalue weighted by Crippen LogP contribution is -2.44. The Morgan fingerprint density at radius 1 is 1.19 bits per heavy atom. The first-order chi connectivity index (χ1) is 18.1. The van der Waals surface area contributed by atoms with Crippen LogP contribution in [0.3, 0.4) is 0 Å². The van der Waals surface area contributed by atoms with E-state index in [9.17, 15) is 9.90 Å². The highest BCUT2D eigenvalue weighted by Crippen LogP contribution is 2.29. The third-order valence-electron chi connectivity index (χ3n) is 7.24. The zero-order valence-corrected chi connectivity index (χ0v) is 21.4. The number of aliphatic hydroxyl groups excluding tert-OH is 1. The van der Waals surface area contributed by atoms with E-state index in [0.29, 0.717) is 25.0 Å². The first-order valence-corrected chi connectivity index (χ1v) is 12.9. The van der Waals surface area contributed by atoms with E-state index in [1.165, 1.54) is 0 Å². The number of hydrogen-bond acceptors (Lipinski definition) is 6. The van der Waals surface area contributed by atoms with Crippen LogP contribution in [0.1, 0.15) is 42.6 Å². The third-order valence-corrected chi connectivity index (χ3v) is 7.24. The van der Waals surface area contributed by atoms with Crippen molar-refractivity contribution in [1.82, 2.24) is 20.2 Å². The molecule has 3 heterocycles. The van der Waals surface area contributed by atoms with Gasteiger partial charge >= 0.3 is 0 Å². The summed E-state index contributed by atoms with van der Waals surface area (Å²) in [6.07, 6.45) is 5.33. The van der Waals surface area contributed by atoms with Crippen molar-refractivity contribution in [3.05, 3.63) is 87.7 Å². The molecule has 4 aromatic rings. The second-order valence-electron chi connectivity index (χ2n) is 9.68. The molecule has 3 N–H and O–H groups in total. The number of nitrogens with zero attached hydrogens (tertiary/aromatic N) is 2. The maximum absolute atomic E-state index is 12.5. The molecular weight excluding hydrogens is 464 g/mol. The van der Waals surface area contributed by atoms with Gasteiger partial charge in [0, 0.05) is 47.2 Å². The summed E-state index contributed by atoms with van der Waals surface area (Å²) in [4.78, 5) is 22.4. The number of benzene rings is 2. The monoisotopic (exact) mass is 498 g/mol. The zero-order valence-electron chi connectivity index (χ0n) is 21.4. The molecule has 1 aliphatic rings. The van der Waals surface area contributed by atoms with E-state index in [0.717, 1.165) is 64.4 Å². The summed E-state index contributed by atoms with van der Waals surface area (Å²) in [5.41, 5.74) is 4.25. The Balaban J connectivity index is 1.21. The van der Waals surface area contributed by atoms with Gasteiger partial charge in [-0.2, -0.15) is 0 Å². The summed E-state index contributed by atoms with van der Waals surface area (Å²) in [6.45, 7) is 4.85. The van der Waals surface area contributed by atoms with Gasteiger partial charge in [0.15, 0.2) is 0 Å². The highest BCUT2D eigenvalue weighted by Gasteiger charge is 2.23. The molecule has 1 saturated heterocycles. The van der Waals surface area contributed by atoms with Gasteiger partial charge in [-0.1, -0.05) is 42.5 Å². The number of allylic oxidation sites excluding steroid dienone is 1. The van der Waals surface area contributed by atoms with Gasteiger partial charge in [-0.25, -0.2) is 4.98 Å². The minimum Gasteiger partial charge on any atom is -0.481 e. The van der Waals surface area contributed by atoms with Gasteiger partial charge in [-0.05, 0) is 62.0 Å². The van der Waals surface area contributed by atoms with Crippen LogP contribution in [0.2, 0.25) is 0 Å². The number of β-amino-alcohol motifs (C(OH)–C–C–N with tert-alkyl or cyclic N) is 1. The number of methoxy groups -OCH3 is 1. The molecule has 0 aliphatic carbocycles. The number of H-pyrrole nitrogens is 1. The Bertz CT molecular complexity index is 1470. The van der Waals surface area contributed by atoms with Crippen molar-refractivity contribution in [2.24, 2.45) is 0 Å². The molecule has 0 radical (unpaired) electrons. The minimum absolute atomic E-state index is 0.0373. The average Bonchev–Trinajstić information content (AvgIpc) is 2.92. The summed E-state index contributed by atoms with van der Waals surface area (Å²) < 4.78 is 5.35. The lowest BCUT2D eigenvalue weighted by molar-refractivity contribution is 0.0948. The summed E-state index contributed by atoms with van der Waals surface area (Å²) >= 11 is 0. The van der Waals surface area contributed by atoms with E-state index in [4.69, 9.17) is 4.74 Å². The Kier molecular flexibility index (Phi) is 7.65. The van der Waals surface area contributed by atoms with Gasteiger partial charge in [0.2, 0.25) is 5.88 Å². The van der Waals surface area contributed by atoms with E-state index < -0.39 is 6.10 Å². The highest BCUT2D eigenvalue weighted by atomic mass is 16.5. The number of likely N-dealkylation sites (tertiary alicyclic amines) is 1. The van der Waals surface area contributed by atoms with Crippen molar-refractivity contribution < 1.29 is 9.84 Å². The molecule has 2 aromatic heterocycles. The molecule has 2 aromatic carbocycles. The van der Waals surface area contributed by atoms with Crippen molar-refractivity contribution in [3.8, 4) is 5.88 Å². The van der Waals surface area contributed by atoms with E-state index in [2.05, 4.69) is 26.3 Å². The Labute approximate surface area is 216 Å². The number of fused-ring (bicyclic) bond motifs is 2. The molecule has 0 amide bonds. The zero-order chi connectivity index (χ0) is 25.8. The van der Waals surface area contributed by atoms with Crippen molar-refractivity contribution >= 4 is 27.9 Å². The largest absolute Gasteiger partial charge is 0.481 e. The molecule has 1 aliphatic heterocycles. The van der Waals surface area contributed by atoms with Crippen molar-refractivity contribution in [3.63, 3.8) is 0 Å². The number of hydrogen-bond donors (Lipinski definition) is 3. The number of pyridine rings is 2. The predicted octanol–water partition coefficient (Wildman–Crippen LogP) is 4.41. The fourth-order valence-corrected chi connectivity index (χ4v) is 5.19. The fourth-order valence-electron chi connectivity index (χ4n) is 5.19. The van der Waals surface area contributed by atoms with Crippen LogP contribution >= 0.6 is 0 Å². The third kappa shape index (κ3) is 5.59. The first-order valence-electron chi connectivity index (χ1n) is 12.9. The molecule has 1 fully saturated rings. The van der Waals surface area contributed by atoms with Crippen LogP contribution in [-0.2, 0) is 6.54 Å². The molecule has 7 heteroatoms. The molecule has 37 heavy (non-hydrogen) atoms. The first kappa shape index (κ1) is 25.1. The smallest absolute Gasteiger partial charge is 0.252 e.